The topological polar surface area (TPSA) is 20.2 Å². The fourth-order valence-electron chi connectivity index (χ4n) is 3.86. The summed E-state index contributed by atoms with van der Waals surface area (Å²) >= 11 is 0. The van der Waals surface area contributed by atoms with Crippen LogP contribution in [0.3, 0.4) is 0 Å². The number of terminal acetylenes is 2. The summed E-state index contributed by atoms with van der Waals surface area (Å²) in [7, 11) is 0. The van der Waals surface area contributed by atoms with E-state index in [4.69, 9.17) is 12.8 Å². The van der Waals surface area contributed by atoms with E-state index in [1.807, 2.05) is 42.5 Å². The first kappa shape index (κ1) is 16.8. The molecule has 0 atom stereocenters. The molecule has 128 valence electrons. The summed E-state index contributed by atoms with van der Waals surface area (Å²) in [6.07, 6.45) is 12.0. The molecule has 0 fully saturated rings. The highest BCUT2D eigenvalue weighted by atomic mass is 16.3. The zero-order valence-corrected chi connectivity index (χ0v) is 14.9. The Hall–Kier alpha value is -3.68. The van der Waals surface area contributed by atoms with Crippen LogP contribution in [0.25, 0.3) is 32.7 Å². The van der Waals surface area contributed by atoms with Crippen molar-refractivity contribution in [3.63, 3.8) is 0 Å². The third-order valence-electron chi connectivity index (χ3n) is 5.03. The molecule has 0 bridgehead atoms. The van der Waals surface area contributed by atoms with Crippen molar-refractivity contribution in [2.45, 2.75) is 12.8 Å². The number of aromatic hydroxyl groups is 1. The van der Waals surface area contributed by atoms with Crippen molar-refractivity contribution >= 4 is 21.5 Å². The average Bonchev–Trinajstić information content (AvgIpc) is 2.71. The molecule has 0 amide bonds. The summed E-state index contributed by atoms with van der Waals surface area (Å²) in [6, 6.07) is 22.4. The summed E-state index contributed by atoms with van der Waals surface area (Å²) < 4.78 is 0. The predicted molar refractivity (Wildman–Crippen MR) is 114 cm³/mol. The van der Waals surface area contributed by atoms with Crippen LogP contribution in [0.5, 0.6) is 5.75 Å². The van der Waals surface area contributed by atoms with E-state index in [2.05, 4.69) is 36.1 Å². The maximum atomic E-state index is 11.3. The van der Waals surface area contributed by atoms with E-state index in [-0.39, 0.29) is 5.75 Å². The van der Waals surface area contributed by atoms with Crippen LogP contribution in [0.15, 0.2) is 66.7 Å². The lowest BCUT2D eigenvalue weighted by Gasteiger charge is -2.19. The van der Waals surface area contributed by atoms with Gasteiger partial charge in [0.05, 0.1) is 0 Å². The fraction of sp³-hybridized carbons (Fsp3) is 0.0769. The van der Waals surface area contributed by atoms with Crippen LogP contribution >= 0.6 is 0 Å². The maximum absolute atomic E-state index is 11.3. The Labute approximate surface area is 159 Å². The molecule has 4 aromatic rings. The molecule has 0 aromatic heterocycles. The van der Waals surface area contributed by atoms with Crippen molar-refractivity contribution in [3.8, 4) is 41.6 Å². The van der Waals surface area contributed by atoms with E-state index in [0.717, 1.165) is 43.8 Å². The number of hydrogen-bond acceptors (Lipinski definition) is 1. The minimum absolute atomic E-state index is 0.230. The lowest BCUT2D eigenvalue weighted by molar-refractivity contribution is 0.472. The largest absolute Gasteiger partial charge is 0.507 e. The van der Waals surface area contributed by atoms with Gasteiger partial charge in [-0.3, -0.25) is 0 Å². The molecule has 0 radical (unpaired) electrons. The second-order valence-corrected chi connectivity index (χ2v) is 6.51. The number of hydrogen-bond donors (Lipinski definition) is 1. The molecule has 0 heterocycles. The van der Waals surface area contributed by atoms with Crippen LogP contribution in [-0.4, -0.2) is 5.11 Å². The number of benzene rings is 4. The molecule has 0 aliphatic heterocycles. The Kier molecular flexibility index (Phi) is 4.29. The highest BCUT2D eigenvalue weighted by Gasteiger charge is 2.20. The van der Waals surface area contributed by atoms with Crippen molar-refractivity contribution in [3.05, 3.63) is 77.9 Å². The molecule has 4 aromatic carbocycles. The SMILES string of the molecule is C#CCc1c(O)c(-c2cccc3ccccc23)c2ccccc2c1CC#C. The molecule has 1 nitrogen and oxygen atoms in total. The number of fused-ring (bicyclic) bond motifs is 2. The molecule has 0 saturated heterocycles. The van der Waals surface area contributed by atoms with Crippen LogP contribution in [0.1, 0.15) is 11.1 Å². The van der Waals surface area contributed by atoms with Crippen LogP contribution in [-0.2, 0) is 12.8 Å². The van der Waals surface area contributed by atoms with Gasteiger partial charge in [-0.25, -0.2) is 0 Å². The van der Waals surface area contributed by atoms with Crippen molar-refractivity contribution in [2.75, 3.05) is 0 Å². The molecular weight excluding hydrogens is 328 g/mol. The molecule has 0 aliphatic carbocycles. The quantitative estimate of drug-likeness (QED) is 0.471. The van der Waals surface area contributed by atoms with Gasteiger partial charge in [0.15, 0.2) is 0 Å². The van der Waals surface area contributed by atoms with Gasteiger partial charge in [0.2, 0.25) is 0 Å². The lowest BCUT2D eigenvalue weighted by Crippen LogP contribution is -1.98. The average molecular weight is 346 g/mol. The lowest BCUT2D eigenvalue weighted by atomic mass is 9.86. The van der Waals surface area contributed by atoms with Crippen molar-refractivity contribution in [1.29, 1.82) is 0 Å². The Morgan fingerprint density at radius 1 is 0.667 bits per heavy atom. The molecule has 0 aliphatic rings. The van der Waals surface area contributed by atoms with E-state index in [9.17, 15) is 5.11 Å². The van der Waals surface area contributed by atoms with Crippen molar-refractivity contribution in [2.24, 2.45) is 0 Å². The van der Waals surface area contributed by atoms with Gasteiger partial charge < -0.3 is 5.11 Å². The summed E-state index contributed by atoms with van der Waals surface area (Å²) in [5, 5.41) is 15.5. The second-order valence-electron chi connectivity index (χ2n) is 6.51. The van der Waals surface area contributed by atoms with Gasteiger partial charge in [-0.1, -0.05) is 66.7 Å². The van der Waals surface area contributed by atoms with Crippen LogP contribution in [0.4, 0.5) is 0 Å². The molecule has 27 heavy (non-hydrogen) atoms. The first-order valence-electron chi connectivity index (χ1n) is 8.86. The third-order valence-corrected chi connectivity index (χ3v) is 5.03. The minimum Gasteiger partial charge on any atom is -0.507 e. The third kappa shape index (κ3) is 2.71. The minimum atomic E-state index is 0.230. The standard InChI is InChI=1S/C26H18O/c1-3-10-20-21-15-7-8-16-23(21)25(26(27)24(20)11-4-2)22-17-9-13-18-12-5-6-14-19(18)22/h1-2,5-9,12-17,27H,10-11H2. The molecule has 4 rings (SSSR count). The molecule has 1 heteroatoms. The predicted octanol–water partition coefficient (Wildman–Crippen LogP) is 5.72. The number of phenolic OH excluding ortho intramolecular Hbond substituents is 1. The normalized spacial score (nSPS) is 10.6. The summed E-state index contributed by atoms with van der Waals surface area (Å²) in [4.78, 5) is 0. The van der Waals surface area contributed by atoms with Crippen LogP contribution in [0.2, 0.25) is 0 Å². The van der Waals surface area contributed by atoms with Gasteiger partial charge >= 0.3 is 0 Å². The van der Waals surface area contributed by atoms with Gasteiger partial charge in [0.1, 0.15) is 5.75 Å². The maximum Gasteiger partial charge on any atom is 0.128 e. The smallest absolute Gasteiger partial charge is 0.128 e. The zero-order chi connectivity index (χ0) is 18.8. The number of phenols is 1. The van der Waals surface area contributed by atoms with E-state index >= 15 is 0 Å². The number of rotatable bonds is 3. The first-order chi connectivity index (χ1) is 13.3. The van der Waals surface area contributed by atoms with Crippen LogP contribution < -0.4 is 0 Å². The van der Waals surface area contributed by atoms with Gasteiger partial charge in [-0.15, -0.1) is 24.7 Å². The van der Waals surface area contributed by atoms with Gasteiger partial charge in [0, 0.05) is 24.0 Å². The van der Waals surface area contributed by atoms with Gasteiger partial charge in [-0.05, 0) is 32.7 Å². The second kappa shape index (κ2) is 6.91. The fourth-order valence-corrected chi connectivity index (χ4v) is 3.86. The van der Waals surface area contributed by atoms with Crippen LogP contribution in [0, 0.1) is 24.7 Å². The van der Waals surface area contributed by atoms with Crippen molar-refractivity contribution < 1.29 is 5.11 Å². The van der Waals surface area contributed by atoms with E-state index < -0.39 is 0 Å². The molecular formula is C26H18O. The molecule has 0 unspecified atom stereocenters. The Morgan fingerprint density at radius 2 is 1.26 bits per heavy atom. The Balaban J connectivity index is 2.19. The first-order valence-corrected chi connectivity index (χ1v) is 8.86. The molecule has 0 spiro atoms. The molecule has 1 N–H and O–H groups in total. The summed E-state index contributed by atoms with van der Waals surface area (Å²) in [6.45, 7) is 0. The van der Waals surface area contributed by atoms with E-state index in [1.54, 1.807) is 0 Å². The van der Waals surface area contributed by atoms with Gasteiger partial charge in [-0.2, -0.15) is 0 Å². The van der Waals surface area contributed by atoms with E-state index in [1.165, 1.54) is 0 Å². The van der Waals surface area contributed by atoms with E-state index in [0.29, 0.717) is 12.8 Å². The highest BCUT2D eigenvalue weighted by Crippen LogP contribution is 2.44. The van der Waals surface area contributed by atoms with Crippen molar-refractivity contribution in [1.82, 2.24) is 0 Å². The Morgan fingerprint density at radius 3 is 2.00 bits per heavy atom. The zero-order valence-electron chi connectivity index (χ0n) is 14.9. The highest BCUT2D eigenvalue weighted by molar-refractivity contribution is 6.09. The monoisotopic (exact) mass is 346 g/mol. The summed E-state index contributed by atoms with van der Waals surface area (Å²) in [5.41, 5.74) is 3.49. The summed E-state index contributed by atoms with van der Waals surface area (Å²) in [5.74, 6) is 5.62. The molecule has 0 saturated carbocycles. The van der Waals surface area contributed by atoms with Gasteiger partial charge in [0.25, 0.3) is 0 Å². The Bertz CT molecular complexity index is 1240.